The fourth-order valence-electron chi connectivity index (χ4n) is 20.1. The summed E-state index contributed by atoms with van der Waals surface area (Å²) in [5, 5.41) is 17.1. The summed E-state index contributed by atoms with van der Waals surface area (Å²) in [6.07, 6.45) is 1.75. The normalized spacial score (nSPS) is 23.7. The summed E-state index contributed by atoms with van der Waals surface area (Å²) in [6.45, 7) is 11.9. The molecule has 8 aromatic heterocycles. The van der Waals surface area contributed by atoms with E-state index in [1.165, 1.54) is 37.8 Å². The standard InChI is InChI=1S/C23H24F3N5O.3C21H20F3N5O/c1-2-5-14-10-27-22-28-20(29-31(22)11-14)21(32)30-12-16-8-15(9-17(16)13-30)18-6-3-4-7-19(18)23(24,25)26;2*1-12-8-25-20-26-18(27-29(20)9-12)19(30)28-10-14-6-13(7-15(14)11-28)16-4-2-3-5-17(16)21(22,23)24;1-12-6-7-25-20-26-18(27-29(12)20)19(30)28-10-14-8-13(9-15(14)11-28)16-4-2-3-5-17(16)21(22,23)24/h3-4,6-7,10-11,15-17H,2,5,8-9,12-13H2,1H3;2*2-5,8-9,13-15H,6-7,10-11H2,1H3;2-7,13-15H,8-11H2,1H3/t15?,16-,17+;3*13?,14-,15+. The minimum Gasteiger partial charge on any atom is -0.335 e. The lowest BCUT2D eigenvalue weighted by Gasteiger charge is -2.21. The molecule has 636 valence electrons. The molecule has 4 aliphatic carbocycles. The molecule has 0 N–H and O–H groups in total. The zero-order chi connectivity index (χ0) is 85.6. The van der Waals surface area contributed by atoms with Crippen LogP contribution in [0.25, 0.3) is 23.1 Å². The Morgan fingerprint density at radius 3 is 0.902 bits per heavy atom. The monoisotopic (exact) mass is 1690 g/mol. The van der Waals surface area contributed by atoms with Gasteiger partial charge in [0.25, 0.3) is 46.7 Å². The third-order valence-electron chi connectivity index (χ3n) is 25.6. The van der Waals surface area contributed by atoms with Gasteiger partial charge in [0.15, 0.2) is 0 Å². The maximum absolute atomic E-state index is 13.4. The number of benzene rings is 4. The first-order valence-corrected chi connectivity index (χ1v) is 40.8. The average Bonchev–Trinajstić information content (AvgIpc) is 1.62. The van der Waals surface area contributed by atoms with E-state index >= 15 is 0 Å². The van der Waals surface area contributed by atoms with Gasteiger partial charge in [-0.05, 0) is 219 Å². The van der Waals surface area contributed by atoms with Crippen molar-refractivity contribution in [1.29, 1.82) is 0 Å². The highest BCUT2D eigenvalue weighted by Gasteiger charge is 2.51. The van der Waals surface area contributed by atoms with Crippen LogP contribution in [0.3, 0.4) is 0 Å². The molecule has 4 amide bonds. The van der Waals surface area contributed by atoms with Crippen LogP contribution in [0, 0.1) is 68.1 Å². The molecule has 0 bridgehead atoms. The van der Waals surface area contributed by atoms with Gasteiger partial charge in [0, 0.05) is 101 Å². The number of amides is 4. The first-order chi connectivity index (χ1) is 58.2. The minimum absolute atomic E-state index is 0.104. The largest absolute Gasteiger partial charge is 0.416 e. The van der Waals surface area contributed by atoms with Gasteiger partial charge < -0.3 is 19.6 Å². The van der Waals surface area contributed by atoms with E-state index in [2.05, 4.69) is 67.2 Å². The predicted molar refractivity (Wildman–Crippen MR) is 417 cm³/mol. The van der Waals surface area contributed by atoms with Crippen molar-refractivity contribution >= 4 is 46.7 Å². The molecule has 8 fully saturated rings. The quantitative estimate of drug-likeness (QED) is 0.115. The molecule has 12 atom stereocenters. The fraction of sp³-hybridized carbons (Fsp3) is 0.442. The van der Waals surface area contributed by atoms with Crippen molar-refractivity contribution in [2.24, 2.45) is 47.3 Å². The molecule has 4 aromatic carbocycles. The highest BCUT2D eigenvalue weighted by atomic mass is 19.4. The van der Waals surface area contributed by atoms with Crippen LogP contribution in [-0.2, 0) is 31.1 Å². The number of likely N-dealkylation sites (tertiary alicyclic amines) is 4. The van der Waals surface area contributed by atoms with Gasteiger partial charge in [0.05, 0.1) is 22.3 Å². The number of aryl methyl sites for hydroxylation is 4. The number of aromatic nitrogens is 16. The maximum Gasteiger partial charge on any atom is 0.416 e. The summed E-state index contributed by atoms with van der Waals surface area (Å²) in [5.74, 6) is 1.96. The van der Waals surface area contributed by atoms with Crippen LogP contribution in [-0.4, -0.2) is 174 Å². The van der Waals surface area contributed by atoms with Crippen LogP contribution >= 0.6 is 0 Å². The molecule has 36 heteroatoms. The van der Waals surface area contributed by atoms with Crippen molar-refractivity contribution in [3.8, 4) is 0 Å². The zero-order valence-corrected chi connectivity index (χ0v) is 66.6. The molecule has 12 aromatic rings. The number of hydrogen-bond acceptors (Lipinski definition) is 16. The Balaban J connectivity index is 0.000000116. The number of carbonyl (C=O) groups excluding carboxylic acids is 4. The van der Waals surface area contributed by atoms with Crippen LogP contribution in [0.5, 0.6) is 0 Å². The van der Waals surface area contributed by atoms with Gasteiger partial charge in [-0.1, -0.05) is 86.1 Å². The molecule has 24 nitrogen and oxygen atoms in total. The minimum atomic E-state index is -4.35. The van der Waals surface area contributed by atoms with Gasteiger partial charge in [0.1, 0.15) is 0 Å². The number of halogens is 12. The second kappa shape index (κ2) is 32.5. The highest BCUT2D eigenvalue weighted by molar-refractivity contribution is 5.93. The molecular formula is C86H84F12N20O4. The first kappa shape index (κ1) is 82.4. The molecule has 12 heterocycles. The Labute approximate surface area is 690 Å². The fourth-order valence-corrected chi connectivity index (χ4v) is 20.1. The summed E-state index contributed by atoms with van der Waals surface area (Å²) >= 11 is 0. The zero-order valence-electron chi connectivity index (χ0n) is 66.6. The van der Waals surface area contributed by atoms with Crippen LogP contribution in [0.15, 0.2) is 147 Å². The molecule has 0 spiro atoms. The Hall–Kier alpha value is -11.9. The van der Waals surface area contributed by atoms with E-state index in [0.29, 0.717) is 149 Å². The Kier molecular flexibility index (Phi) is 22.0. The molecule has 20 rings (SSSR count). The van der Waals surface area contributed by atoms with E-state index in [4.69, 9.17) is 0 Å². The van der Waals surface area contributed by atoms with Gasteiger partial charge >= 0.3 is 24.7 Å². The summed E-state index contributed by atoms with van der Waals surface area (Å²) < 4.78 is 167. The van der Waals surface area contributed by atoms with Crippen molar-refractivity contribution in [2.45, 2.75) is 140 Å². The SMILES string of the molecule is CCCc1cnc2nc(C(=O)N3C[C@H]4CC(c5ccccc5C(F)(F)F)C[C@H]4C3)nn2c1.Cc1ccnc2nc(C(=O)N3C[C@H]4CC(c5ccccc5C(F)(F)F)C[C@H]4C3)nn12.Cc1cnc2nc(C(=O)N3C[C@H]4CC(c5ccccc5C(F)(F)F)C[C@H]4C3)nn2c1.Cc1cnc2nc(C(=O)N3C[C@H]4CC(c5ccccc5C(F)(F)F)C[C@H]4C3)nn2c1. The summed E-state index contributed by atoms with van der Waals surface area (Å²) in [7, 11) is 0. The van der Waals surface area contributed by atoms with E-state index in [0.717, 1.165) is 59.5 Å². The molecule has 8 aliphatic rings. The number of rotatable bonds is 10. The summed E-state index contributed by atoms with van der Waals surface area (Å²) in [5.41, 5.74) is 3.02. The second-order valence-corrected chi connectivity index (χ2v) is 33.7. The number of carbonyl (C=O) groups is 4. The molecule has 4 saturated carbocycles. The van der Waals surface area contributed by atoms with Gasteiger partial charge in [-0.3, -0.25) is 19.2 Å². The van der Waals surface area contributed by atoms with Gasteiger partial charge in [-0.25, -0.2) is 38.0 Å². The Morgan fingerprint density at radius 1 is 0.344 bits per heavy atom. The Bertz CT molecular complexity index is 5730. The number of alkyl halides is 12. The van der Waals surface area contributed by atoms with Crippen molar-refractivity contribution in [3.63, 3.8) is 0 Å². The Morgan fingerprint density at radius 2 is 0.615 bits per heavy atom. The van der Waals surface area contributed by atoms with Crippen LogP contribution in [0.2, 0.25) is 0 Å². The molecule has 122 heavy (non-hydrogen) atoms. The second-order valence-electron chi connectivity index (χ2n) is 33.7. The molecule has 4 aliphatic heterocycles. The van der Waals surface area contributed by atoms with Gasteiger partial charge in [-0.15, -0.1) is 20.4 Å². The molecule has 4 saturated heterocycles. The highest BCUT2D eigenvalue weighted by Crippen LogP contribution is 2.54. The third kappa shape index (κ3) is 16.8. The molecular weight excluding hydrogens is 1610 g/mol. The van der Waals surface area contributed by atoms with E-state index < -0.39 is 47.0 Å². The van der Waals surface area contributed by atoms with E-state index in [1.807, 2.05) is 27.0 Å². The van der Waals surface area contributed by atoms with Crippen molar-refractivity contribution in [3.05, 3.63) is 237 Å². The predicted octanol–water partition coefficient (Wildman–Crippen LogP) is 15.5. The number of fused-ring (bicyclic) bond motifs is 8. The third-order valence-corrected chi connectivity index (χ3v) is 25.6. The van der Waals surface area contributed by atoms with Gasteiger partial charge in [-0.2, -0.15) is 72.6 Å². The van der Waals surface area contributed by atoms with Crippen LogP contribution < -0.4 is 0 Å². The van der Waals surface area contributed by atoms with E-state index in [1.54, 1.807) is 116 Å². The van der Waals surface area contributed by atoms with E-state index in [-0.39, 0.29) is 118 Å². The molecule has 4 unspecified atom stereocenters. The number of hydrogen-bond donors (Lipinski definition) is 0. The maximum atomic E-state index is 13.4. The van der Waals surface area contributed by atoms with Crippen molar-refractivity contribution in [1.82, 2.24) is 97.9 Å². The molecule has 0 radical (unpaired) electrons. The van der Waals surface area contributed by atoms with Crippen molar-refractivity contribution < 1.29 is 71.9 Å². The first-order valence-electron chi connectivity index (χ1n) is 40.8. The van der Waals surface area contributed by atoms with Crippen LogP contribution in [0.1, 0.15) is 198 Å². The lowest BCUT2D eigenvalue weighted by atomic mass is 9.91. The smallest absolute Gasteiger partial charge is 0.335 e. The van der Waals surface area contributed by atoms with Crippen LogP contribution in [0.4, 0.5) is 52.7 Å². The lowest BCUT2D eigenvalue weighted by molar-refractivity contribution is -0.139. The van der Waals surface area contributed by atoms with Crippen molar-refractivity contribution in [2.75, 3.05) is 52.4 Å². The van der Waals surface area contributed by atoms with E-state index in [9.17, 15) is 71.9 Å². The summed E-state index contributed by atoms with van der Waals surface area (Å²) in [6, 6.07) is 25.2. The number of nitrogens with zero attached hydrogens (tertiary/aromatic N) is 20. The summed E-state index contributed by atoms with van der Waals surface area (Å²) in [4.78, 5) is 92.3. The topological polar surface area (TPSA) is 254 Å². The van der Waals surface area contributed by atoms with Gasteiger partial charge in [0.2, 0.25) is 23.3 Å². The average molecular weight is 1690 g/mol. The lowest BCUT2D eigenvalue weighted by Crippen LogP contribution is -2.30.